The molecule has 2 aromatic rings. The minimum absolute atomic E-state index is 0.271. The standard InChI is InChI=1S/C19H20N2OS/c1-23-18-5-3-2-4-15(18)11-21-12-16-7-6-14-8-13(10-20)9-17(22)19(14)16/h2-5,8-9,16,21-22H,6-7,11-12H2,1H3. The van der Waals surface area contributed by atoms with E-state index in [1.807, 2.05) is 6.07 Å². The van der Waals surface area contributed by atoms with Crippen molar-refractivity contribution < 1.29 is 5.11 Å². The lowest BCUT2D eigenvalue weighted by molar-refractivity contribution is 0.458. The predicted octanol–water partition coefficient (Wildman–Crippen LogP) is 3.81. The minimum atomic E-state index is 0.271. The average molecular weight is 324 g/mol. The second-order valence-electron chi connectivity index (χ2n) is 5.86. The molecule has 1 aliphatic carbocycles. The van der Waals surface area contributed by atoms with Crippen molar-refractivity contribution in [1.29, 1.82) is 5.26 Å². The third-order valence-corrected chi connectivity index (χ3v) is 5.28. The van der Waals surface area contributed by atoms with Crippen LogP contribution in [0.25, 0.3) is 0 Å². The molecule has 118 valence electrons. The van der Waals surface area contributed by atoms with Gasteiger partial charge < -0.3 is 10.4 Å². The van der Waals surface area contributed by atoms with Crippen LogP contribution in [0.5, 0.6) is 5.75 Å². The molecule has 3 nitrogen and oxygen atoms in total. The number of benzene rings is 2. The molecule has 23 heavy (non-hydrogen) atoms. The highest BCUT2D eigenvalue weighted by Gasteiger charge is 2.26. The summed E-state index contributed by atoms with van der Waals surface area (Å²) in [5, 5.41) is 22.8. The average Bonchev–Trinajstić information content (AvgIpc) is 2.99. The van der Waals surface area contributed by atoms with E-state index in [2.05, 4.69) is 41.9 Å². The van der Waals surface area contributed by atoms with Crippen LogP contribution in [-0.4, -0.2) is 17.9 Å². The molecule has 0 fully saturated rings. The number of nitrogens with zero attached hydrogens (tertiary/aromatic N) is 1. The van der Waals surface area contributed by atoms with Gasteiger partial charge in [-0.05, 0) is 48.4 Å². The van der Waals surface area contributed by atoms with Crippen LogP contribution in [0.15, 0.2) is 41.3 Å². The summed E-state index contributed by atoms with van der Waals surface area (Å²) in [6.07, 6.45) is 4.05. The maximum atomic E-state index is 10.2. The summed E-state index contributed by atoms with van der Waals surface area (Å²) in [5.74, 6) is 0.590. The summed E-state index contributed by atoms with van der Waals surface area (Å²) in [5.41, 5.74) is 4.00. The molecule has 0 saturated heterocycles. The van der Waals surface area contributed by atoms with Crippen molar-refractivity contribution in [1.82, 2.24) is 5.32 Å². The molecular formula is C19H20N2OS. The number of aryl methyl sites for hydroxylation is 1. The minimum Gasteiger partial charge on any atom is -0.508 e. The van der Waals surface area contributed by atoms with Gasteiger partial charge in [-0.2, -0.15) is 5.26 Å². The van der Waals surface area contributed by atoms with Gasteiger partial charge in [0, 0.05) is 29.5 Å². The van der Waals surface area contributed by atoms with Gasteiger partial charge in [-0.3, -0.25) is 0 Å². The van der Waals surface area contributed by atoms with Gasteiger partial charge in [-0.1, -0.05) is 18.2 Å². The maximum Gasteiger partial charge on any atom is 0.120 e. The second kappa shape index (κ2) is 7.08. The first-order valence-corrected chi connectivity index (χ1v) is 9.04. The van der Waals surface area contributed by atoms with Crippen LogP contribution < -0.4 is 5.32 Å². The van der Waals surface area contributed by atoms with Gasteiger partial charge in [-0.15, -0.1) is 11.8 Å². The van der Waals surface area contributed by atoms with E-state index in [1.54, 1.807) is 17.8 Å². The summed E-state index contributed by atoms with van der Waals surface area (Å²) < 4.78 is 0. The molecule has 0 spiro atoms. The first-order valence-electron chi connectivity index (χ1n) is 7.81. The fourth-order valence-electron chi connectivity index (χ4n) is 3.35. The zero-order valence-corrected chi connectivity index (χ0v) is 14.0. The van der Waals surface area contributed by atoms with Crippen molar-refractivity contribution >= 4 is 11.8 Å². The molecule has 1 aliphatic rings. The van der Waals surface area contributed by atoms with E-state index < -0.39 is 0 Å². The molecule has 2 N–H and O–H groups in total. The molecule has 1 atom stereocenters. The highest BCUT2D eigenvalue weighted by atomic mass is 32.2. The molecule has 2 aromatic carbocycles. The van der Waals surface area contributed by atoms with Crippen LogP contribution in [-0.2, 0) is 13.0 Å². The van der Waals surface area contributed by atoms with E-state index >= 15 is 0 Å². The molecule has 3 rings (SSSR count). The van der Waals surface area contributed by atoms with Crippen molar-refractivity contribution in [3.05, 3.63) is 58.7 Å². The Morgan fingerprint density at radius 3 is 2.96 bits per heavy atom. The maximum absolute atomic E-state index is 10.2. The number of aromatic hydroxyl groups is 1. The normalized spacial score (nSPS) is 16.1. The lowest BCUT2D eigenvalue weighted by Crippen LogP contribution is -2.20. The van der Waals surface area contributed by atoms with E-state index in [1.165, 1.54) is 10.5 Å². The largest absolute Gasteiger partial charge is 0.508 e. The number of phenols is 1. The van der Waals surface area contributed by atoms with Crippen molar-refractivity contribution in [3.63, 3.8) is 0 Å². The lowest BCUT2D eigenvalue weighted by Gasteiger charge is -2.15. The number of rotatable bonds is 5. The molecule has 0 saturated carbocycles. The molecule has 0 aliphatic heterocycles. The third-order valence-electron chi connectivity index (χ3n) is 4.44. The van der Waals surface area contributed by atoms with Crippen LogP contribution in [0.3, 0.4) is 0 Å². The summed E-state index contributed by atoms with van der Waals surface area (Å²) in [6.45, 7) is 1.68. The number of thioether (sulfide) groups is 1. The molecule has 0 radical (unpaired) electrons. The second-order valence-corrected chi connectivity index (χ2v) is 6.71. The van der Waals surface area contributed by atoms with E-state index in [9.17, 15) is 5.11 Å². The fourth-order valence-corrected chi connectivity index (χ4v) is 3.96. The monoisotopic (exact) mass is 324 g/mol. The Morgan fingerprint density at radius 1 is 1.35 bits per heavy atom. The zero-order chi connectivity index (χ0) is 16.2. The quantitative estimate of drug-likeness (QED) is 0.821. The molecule has 0 bridgehead atoms. The molecule has 0 heterocycles. The van der Waals surface area contributed by atoms with Gasteiger partial charge in [0.1, 0.15) is 5.75 Å². The Hall–Kier alpha value is -1.96. The first-order chi connectivity index (χ1) is 11.2. The number of phenolic OH excluding ortho intramolecular Hbond substituents is 1. The van der Waals surface area contributed by atoms with Gasteiger partial charge >= 0.3 is 0 Å². The van der Waals surface area contributed by atoms with Crippen molar-refractivity contribution in [2.45, 2.75) is 30.2 Å². The van der Waals surface area contributed by atoms with Crippen molar-refractivity contribution in [2.24, 2.45) is 0 Å². The molecule has 1 unspecified atom stereocenters. The van der Waals surface area contributed by atoms with Crippen molar-refractivity contribution in [2.75, 3.05) is 12.8 Å². The van der Waals surface area contributed by atoms with E-state index in [-0.39, 0.29) is 5.75 Å². The van der Waals surface area contributed by atoms with Crippen LogP contribution in [0.1, 0.15) is 34.6 Å². The molecule has 0 aromatic heterocycles. The van der Waals surface area contributed by atoms with E-state index in [4.69, 9.17) is 5.26 Å². The van der Waals surface area contributed by atoms with Gasteiger partial charge in [-0.25, -0.2) is 0 Å². The van der Waals surface area contributed by atoms with E-state index in [0.29, 0.717) is 11.5 Å². The Bertz CT molecular complexity index is 752. The smallest absolute Gasteiger partial charge is 0.120 e. The lowest BCUT2D eigenvalue weighted by atomic mass is 9.98. The van der Waals surface area contributed by atoms with Gasteiger partial charge in [0.25, 0.3) is 0 Å². The Morgan fingerprint density at radius 2 is 2.17 bits per heavy atom. The number of hydrogen-bond donors (Lipinski definition) is 2. The van der Waals surface area contributed by atoms with E-state index in [0.717, 1.165) is 37.1 Å². The summed E-state index contributed by atoms with van der Waals surface area (Å²) in [6, 6.07) is 14.0. The van der Waals surface area contributed by atoms with Gasteiger partial charge in [0.15, 0.2) is 0 Å². The number of fused-ring (bicyclic) bond motifs is 1. The summed E-state index contributed by atoms with van der Waals surface area (Å²) in [7, 11) is 0. The number of hydrogen-bond acceptors (Lipinski definition) is 4. The Balaban J connectivity index is 1.67. The van der Waals surface area contributed by atoms with Crippen LogP contribution in [0, 0.1) is 11.3 Å². The summed E-state index contributed by atoms with van der Waals surface area (Å²) >= 11 is 1.76. The van der Waals surface area contributed by atoms with Crippen LogP contribution >= 0.6 is 11.8 Å². The first kappa shape index (κ1) is 15.9. The fraction of sp³-hybridized carbons (Fsp3) is 0.316. The number of nitrogens with one attached hydrogen (secondary N) is 1. The highest BCUT2D eigenvalue weighted by Crippen LogP contribution is 2.39. The Kier molecular flexibility index (Phi) is 4.90. The summed E-state index contributed by atoms with van der Waals surface area (Å²) in [4.78, 5) is 1.30. The van der Waals surface area contributed by atoms with Crippen LogP contribution in [0.4, 0.5) is 0 Å². The zero-order valence-electron chi connectivity index (χ0n) is 13.2. The van der Waals surface area contributed by atoms with Gasteiger partial charge in [0.05, 0.1) is 11.6 Å². The number of nitriles is 1. The topological polar surface area (TPSA) is 56.0 Å². The predicted molar refractivity (Wildman–Crippen MR) is 93.8 cm³/mol. The SMILES string of the molecule is CSc1ccccc1CNCC1CCc2cc(C#N)cc(O)c21. The highest BCUT2D eigenvalue weighted by molar-refractivity contribution is 7.98. The van der Waals surface area contributed by atoms with Gasteiger partial charge in [0.2, 0.25) is 0 Å². The van der Waals surface area contributed by atoms with Crippen molar-refractivity contribution in [3.8, 4) is 11.8 Å². The molecule has 0 amide bonds. The molecular weight excluding hydrogens is 304 g/mol. The Labute approximate surface area is 141 Å². The third kappa shape index (κ3) is 3.36. The van der Waals surface area contributed by atoms with Crippen LogP contribution in [0.2, 0.25) is 0 Å². The molecule has 4 heteroatoms.